The van der Waals surface area contributed by atoms with Gasteiger partial charge in [-0.3, -0.25) is 4.90 Å². The summed E-state index contributed by atoms with van der Waals surface area (Å²) in [6.45, 7) is 2.33. The maximum Gasteiger partial charge on any atom is 0.314 e. The normalized spacial score (nSPS) is 16.6. The molecular weight excluding hydrogens is 347 g/mol. The molecule has 1 aromatic carbocycles. The molecule has 1 atom stereocenters. The molecule has 0 aliphatic carbocycles. The van der Waals surface area contributed by atoms with Crippen LogP contribution in [-0.2, 0) is 10.0 Å². The Balaban J connectivity index is 1.87. The van der Waals surface area contributed by atoms with E-state index >= 15 is 0 Å². The van der Waals surface area contributed by atoms with Gasteiger partial charge in [-0.25, -0.2) is 22.3 Å². The van der Waals surface area contributed by atoms with Gasteiger partial charge < -0.3 is 10.6 Å². The molecule has 1 heterocycles. The van der Waals surface area contributed by atoms with Crippen LogP contribution in [0.15, 0.2) is 24.3 Å². The Hall–Kier alpha value is -1.71. The van der Waals surface area contributed by atoms with Gasteiger partial charge in [0.1, 0.15) is 5.82 Å². The molecule has 25 heavy (non-hydrogen) atoms. The van der Waals surface area contributed by atoms with Crippen LogP contribution in [0.3, 0.4) is 0 Å². The molecule has 0 saturated carbocycles. The van der Waals surface area contributed by atoms with Crippen LogP contribution in [0.1, 0.15) is 24.4 Å². The number of urea groups is 1. The smallest absolute Gasteiger partial charge is 0.314 e. The van der Waals surface area contributed by atoms with E-state index in [0.717, 1.165) is 32.2 Å². The van der Waals surface area contributed by atoms with Gasteiger partial charge in [-0.2, -0.15) is 0 Å². The number of sulfonamides is 1. The largest absolute Gasteiger partial charge is 0.337 e. The lowest BCUT2D eigenvalue weighted by atomic mass is 10.0. The number of carbonyl (C=O) groups is 1. The molecule has 1 saturated heterocycles. The summed E-state index contributed by atoms with van der Waals surface area (Å²) in [4.78, 5) is 14.1. The summed E-state index contributed by atoms with van der Waals surface area (Å²) >= 11 is 0. The van der Waals surface area contributed by atoms with Crippen molar-refractivity contribution in [3.63, 3.8) is 0 Å². The average Bonchev–Trinajstić information content (AvgIpc) is 3.07. The first kappa shape index (κ1) is 19.6. The summed E-state index contributed by atoms with van der Waals surface area (Å²) in [5, 5.41) is 5.33. The van der Waals surface area contributed by atoms with Crippen LogP contribution in [0.5, 0.6) is 0 Å². The van der Waals surface area contributed by atoms with Gasteiger partial charge in [-0.05, 0) is 32.0 Å². The third-order valence-electron chi connectivity index (χ3n) is 4.08. The highest BCUT2D eigenvalue weighted by Gasteiger charge is 2.25. The third-order valence-corrected chi connectivity index (χ3v) is 4.80. The van der Waals surface area contributed by atoms with E-state index in [2.05, 4.69) is 20.3 Å². The van der Waals surface area contributed by atoms with Gasteiger partial charge in [0.25, 0.3) is 0 Å². The number of hydrogen-bond donors (Lipinski definition) is 3. The lowest BCUT2D eigenvalue weighted by molar-refractivity contribution is 0.218. The molecule has 0 unspecified atom stereocenters. The molecular formula is C16H25FN4O3S. The number of amides is 2. The first-order valence-corrected chi connectivity index (χ1v) is 10.2. The van der Waals surface area contributed by atoms with Crippen molar-refractivity contribution in [2.24, 2.45) is 0 Å². The molecule has 9 heteroatoms. The van der Waals surface area contributed by atoms with Gasteiger partial charge in [0, 0.05) is 25.2 Å². The molecule has 140 valence electrons. The molecule has 1 aliphatic rings. The van der Waals surface area contributed by atoms with Gasteiger partial charge in [-0.15, -0.1) is 0 Å². The van der Waals surface area contributed by atoms with E-state index in [4.69, 9.17) is 0 Å². The summed E-state index contributed by atoms with van der Waals surface area (Å²) in [6.07, 6.45) is 3.19. The maximum absolute atomic E-state index is 14.2. The first-order valence-electron chi connectivity index (χ1n) is 8.31. The topological polar surface area (TPSA) is 90.5 Å². The summed E-state index contributed by atoms with van der Waals surface area (Å²) in [5.41, 5.74) is 0.573. The van der Waals surface area contributed by atoms with Crippen LogP contribution >= 0.6 is 0 Å². The van der Waals surface area contributed by atoms with Gasteiger partial charge >= 0.3 is 6.03 Å². The number of halogens is 1. The number of likely N-dealkylation sites (tertiary alicyclic amines) is 1. The second kappa shape index (κ2) is 9.12. The zero-order valence-electron chi connectivity index (χ0n) is 14.3. The lowest BCUT2D eigenvalue weighted by Crippen LogP contribution is -2.43. The highest BCUT2D eigenvalue weighted by molar-refractivity contribution is 7.88. The highest BCUT2D eigenvalue weighted by atomic mass is 32.2. The fraction of sp³-hybridized carbons (Fsp3) is 0.562. The Morgan fingerprint density at radius 1 is 1.20 bits per heavy atom. The standard InChI is InChI=1S/C16H25FN4O3S/c1-25(23,24)20-9-8-18-16(22)19-12-15(21-10-4-5-11-21)13-6-2-3-7-14(13)17/h2-3,6-7,15,20H,4-5,8-12H2,1H3,(H2,18,19,22)/t15-/m1/s1. The fourth-order valence-corrected chi connectivity index (χ4v) is 3.37. The summed E-state index contributed by atoms with van der Waals surface area (Å²) in [7, 11) is -3.27. The van der Waals surface area contributed by atoms with E-state index in [1.165, 1.54) is 6.07 Å². The number of carbonyl (C=O) groups excluding carboxylic acids is 1. The Morgan fingerprint density at radius 2 is 1.88 bits per heavy atom. The van der Waals surface area contributed by atoms with Crippen molar-refractivity contribution in [2.75, 3.05) is 39.0 Å². The molecule has 0 spiro atoms. The van der Waals surface area contributed by atoms with Crippen molar-refractivity contribution in [1.82, 2.24) is 20.3 Å². The monoisotopic (exact) mass is 372 g/mol. The third kappa shape index (κ3) is 6.60. The fourth-order valence-electron chi connectivity index (χ4n) is 2.90. The molecule has 3 N–H and O–H groups in total. The second-order valence-corrected chi connectivity index (χ2v) is 7.92. The number of hydrogen-bond acceptors (Lipinski definition) is 4. The molecule has 1 fully saturated rings. The van der Waals surface area contributed by atoms with Crippen LogP contribution in [0.4, 0.5) is 9.18 Å². The van der Waals surface area contributed by atoms with Crippen molar-refractivity contribution in [3.05, 3.63) is 35.6 Å². The minimum atomic E-state index is -3.27. The highest BCUT2D eigenvalue weighted by Crippen LogP contribution is 2.26. The number of nitrogens with zero attached hydrogens (tertiary/aromatic N) is 1. The van der Waals surface area contributed by atoms with E-state index in [-0.39, 0.29) is 31.5 Å². The van der Waals surface area contributed by atoms with Crippen LogP contribution in [0, 0.1) is 5.82 Å². The van der Waals surface area contributed by atoms with Crippen LogP contribution in [-0.4, -0.2) is 58.3 Å². The van der Waals surface area contributed by atoms with Gasteiger partial charge in [0.15, 0.2) is 0 Å². The van der Waals surface area contributed by atoms with Crippen LogP contribution < -0.4 is 15.4 Å². The van der Waals surface area contributed by atoms with Gasteiger partial charge in [0.2, 0.25) is 10.0 Å². The number of rotatable bonds is 8. The zero-order valence-corrected chi connectivity index (χ0v) is 15.1. The van der Waals surface area contributed by atoms with E-state index in [0.29, 0.717) is 5.56 Å². The molecule has 0 bridgehead atoms. The number of benzene rings is 1. The predicted octanol–water partition coefficient (Wildman–Crippen LogP) is 0.811. The van der Waals surface area contributed by atoms with Crippen molar-refractivity contribution >= 4 is 16.1 Å². The zero-order chi connectivity index (χ0) is 18.3. The molecule has 7 nitrogen and oxygen atoms in total. The van der Waals surface area contributed by atoms with E-state index in [9.17, 15) is 17.6 Å². The Labute approximate surface area is 148 Å². The average molecular weight is 372 g/mol. The summed E-state index contributed by atoms with van der Waals surface area (Å²) in [5.74, 6) is -0.279. The predicted molar refractivity (Wildman–Crippen MR) is 94.2 cm³/mol. The van der Waals surface area contributed by atoms with E-state index in [1.807, 2.05) is 0 Å². The quantitative estimate of drug-likeness (QED) is 0.589. The van der Waals surface area contributed by atoms with Crippen molar-refractivity contribution in [3.8, 4) is 0 Å². The molecule has 2 rings (SSSR count). The minimum Gasteiger partial charge on any atom is -0.337 e. The lowest BCUT2D eigenvalue weighted by Gasteiger charge is -2.28. The maximum atomic E-state index is 14.2. The van der Waals surface area contributed by atoms with E-state index < -0.39 is 16.1 Å². The molecule has 1 aromatic rings. The molecule has 0 radical (unpaired) electrons. The SMILES string of the molecule is CS(=O)(=O)NCCNC(=O)NC[C@H](c1ccccc1F)N1CCCC1. The molecule has 0 aromatic heterocycles. The number of nitrogens with one attached hydrogen (secondary N) is 3. The van der Waals surface area contributed by atoms with E-state index in [1.54, 1.807) is 18.2 Å². The minimum absolute atomic E-state index is 0.120. The first-order chi connectivity index (χ1) is 11.9. The molecule has 1 aliphatic heterocycles. The van der Waals surface area contributed by atoms with Crippen LogP contribution in [0.2, 0.25) is 0 Å². The van der Waals surface area contributed by atoms with Crippen LogP contribution in [0.25, 0.3) is 0 Å². The summed E-state index contributed by atoms with van der Waals surface area (Å²) in [6, 6.07) is 5.98. The van der Waals surface area contributed by atoms with Gasteiger partial charge in [0.05, 0.1) is 12.3 Å². The van der Waals surface area contributed by atoms with Crippen molar-refractivity contribution < 1.29 is 17.6 Å². The Bertz CT molecular complexity index is 678. The second-order valence-electron chi connectivity index (χ2n) is 6.08. The van der Waals surface area contributed by atoms with Crippen molar-refractivity contribution in [1.29, 1.82) is 0 Å². The Kier molecular flexibility index (Phi) is 7.15. The Morgan fingerprint density at radius 3 is 2.52 bits per heavy atom. The van der Waals surface area contributed by atoms with Gasteiger partial charge in [-0.1, -0.05) is 18.2 Å². The summed E-state index contributed by atoms with van der Waals surface area (Å²) < 4.78 is 38.3. The van der Waals surface area contributed by atoms with Crippen molar-refractivity contribution in [2.45, 2.75) is 18.9 Å². The molecule has 2 amide bonds.